The summed E-state index contributed by atoms with van der Waals surface area (Å²) in [6, 6.07) is 2.28. The van der Waals surface area contributed by atoms with Gasteiger partial charge >= 0.3 is 5.97 Å². The second-order valence-electron chi connectivity index (χ2n) is 3.84. The second kappa shape index (κ2) is 6.95. The fraction of sp³-hybridized carbons (Fsp3) is 0.364. The van der Waals surface area contributed by atoms with Gasteiger partial charge in [-0.2, -0.15) is 0 Å². The SMILES string of the molecule is Cn1cccc1C(=O)NC(=O)CSC[C@H](N)C(=O)O. The molecule has 0 unspecified atom stereocenters. The van der Waals surface area contributed by atoms with Gasteiger partial charge in [0, 0.05) is 19.0 Å². The Morgan fingerprint density at radius 3 is 2.74 bits per heavy atom. The van der Waals surface area contributed by atoms with Crippen LogP contribution in [-0.4, -0.2) is 45.0 Å². The molecule has 0 bridgehead atoms. The number of aliphatic carboxylic acids is 1. The summed E-state index contributed by atoms with van der Waals surface area (Å²) in [4.78, 5) is 33.6. The van der Waals surface area contributed by atoms with Crippen LogP contribution in [-0.2, 0) is 16.6 Å². The minimum absolute atomic E-state index is 0.0167. The third kappa shape index (κ3) is 4.76. The van der Waals surface area contributed by atoms with Crippen molar-refractivity contribution in [2.24, 2.45) is 12.8 Å². The molecule has 1 aromatic heterocycles. The average Bonchev–Trinajstić information content (AvgIpc) is 2.75. The monoisotopic (exact) mass is 285 g/mol. The van der Waals surface area contributed by atoms with E-state index in [0.717, 1.165) is 11.8 Å². The molecule has 2 amide bonds. The first kappa shape index (κ1) is 15.3. The molecule has 0 radical (unpaired) electrons. The van der Waals surface area contributed by atoms with E-state index in [1.54, 1.807) is 29.9 Å². The van der Waals surface area contributed by atoms with Gasteiger partial charge in [-0.15, -0.1) is 11.8 Å². The maximum atomic E-state index is 11.7. The minimum atomic E-state index is -1.12. The molecule has 1 heterocycles. The molecule has 4 N–H and O–H groups in total. The maximum Gasteiger partial charge on any atom is 0.321 e. The third-order valence-corrected chi connectivity index (χ3v) is 3.34. The Kier molecular flexibility index (Phi) is 5.58. The molecule has 1 rings (SSSR count). The summed E-state index contributed by atoms with van der Waals surface area (Å²) in [6.45, 7) is 0. The van der Waals surface area contributed by atoms with E-state index in [0.29, 0.717) is 5.69 Å². The highest BCUT2D eigenvalue weighted by atomic mass is 32.2. The lowest BCUT2D eigenvalue weighted by atomic mass is 10.4. The average molecular weight is 285 g/mol. The molecule has 0 aliphatic carbocycles. The van der Waals surface area contributed by atoms with Crippen LogP contribution in [0.5, 0.6) is 0 Å². The van der Waals surface area contributed by atoms with Crippen LogP contribution in [0.2, 0.25) is 0 Å². The Bertz CT molecular complexity index is 486. The molecule has 0 spiro atoms. The number of nitrogens with one attached hydrogen (secondary N) is 1. The molecule has 0 fully saturated rings. The quantitative estimate of drug-likeness (QED) is 0.644. The van der Waals surface area contributed by atoms with Crippen LogP contribution in [0.1, 0.15) is 10.5 Å². The molecule has 7 nitrogen and oxygen atoms in total. The van der Waals surface area contributed by atoms with Crippen molar-refractivity contribution in [3.05, 3.63) is 24.0 Å². The predicted molar refractivity (Wildman–Crippen MR) is 70.8 cm³/mol. The summed E-state index contributed by atoms with van der Waals surface area (Å²) in [5.41, 5.74) is 5.65. The number of amides is 2. The van der Waals surface area contributed by atoms with Gasteiger partial charge in [0.05, 0.1) is 5.75 Å². The number of thioether (sulfide) groups is 1. The first-order chi connectivity index (χ1) is 8.91. The number of carbonyl (C=O) groups is 3. The molecule has 104 valence electrons. The number of nitrogens with zero attached hydrogens (tertiary/aromatic N) is 1. The van der Waals surface area contributed by atoms with Gasteiger partial charge in [-0.3, -0.25) is 19.7 Å². The van der Waals surface area contributed by atoms with Gasteiger partial charge in [-0.05, 0) is 12.1 Å². The Morgan fingerprint density at radius 1 is 1.53 bits per heavy atom. The standard InChI is InChI=1S/C11H15N3O4S/c1-14-4-2-3-8(14)10(16)13-9(15)6-19-5-7(12)11(17)18/h2-4,7H,5-6,12H2,1H3,(H,17,18)(H,13,15,16)/t7-/m0/s1. The van der Waals surface area contributed by atoms with E-state index >= 15 is 0 Å². The Morgan fingerprint density at radius 2 is 2.21 bits per heavy atom. The fourth-order valence-electron chi connectivity index (χ4n) is 1.27. The molecular formula is C11H15N3O4S. The number of imide groups is 1. The molecule has 0 aliphatic rings. The number of carbonyl (C=O) groups excluding carboxylic acids is 2. The van der Waals surface area contributed by atoms with Gasteiger partial charge in [0.25, 0.3) is 5.91 Å². The molecule has 0 saturated heterocycles. The van der Waals surface area contributed by atoms with E-state index in [4.69, 9.17) is 10.8 Å². The van der Waals surface area contributed by atoms with Crippen molar-refractivity contribution in [1.29, 1.82) is 0 Å². The number of aryl methyl sites for hydroxylation is 1. The van der Waals surface area contributed by atoms with Crippen LogP contribution in [0.4, 0.5) is 0 Å². The number of nitrogens with two attached hydrogens (primary N) is 1. The summed E-state index contributed by atoms with van der Waals surface area (Å²) in [6.07, 6.45) is 1.69. The largest absolute Gasteiger partial charge is 0.480 e. The summed E-state index contributed by atoms with van der Waals surface area (Å²) >= 11 is 1.06. The fourth-order valence-corrected chi connectivity index (χ4v) is 2.05. The van der Waals surface area contributed by atoms with Crippen LogP contribution >= 0.6 is 11.8 Å². The van der Waals surface area contributed by atoms with Crippen molar-refractivity contribution in [3.63, 3.8) is 0 Å². The van der Waals surface area contributed by atoms with Gasteiger partial charge in [-0.1, -0.05) is 0 Å². The van der Waals surface area contributed by atoms with Gasteiger partial charge in [0.1, 0.15) is 11.7 Å². The normalized spacial score (nSPS) is 11.9. The minimum Gasteiger partial charge on any atom is -0.480 e. The number of carboxylic acids is 1. The zero-order chi connectivity index (χ0) is 14.4. The highest BCUT2D eigenvalue weighted by molar-refractivity contribution is 8.00. The van der Waals surface area contributed by atoms with Crippen molar-refractivity contribution < 1.29 is 19.5 Å². The molecule has 8 heteroatoms. The van der Waals surface area contributed by atoms with Crippen molar-refractivity contribution in [3.8, 4) is 0 Å². The van der Waals surface area contributed by atoms with E-state index in [2.05, 4.69) is 5.32 Å². The van der Waals surface area contributed by atoms with Gasteiger partial charge in [0.15, 0.2) is 0 Å². The van der Waals surface area contributed by atoms with E-state index < -0.39 is 23.8 Å². The number of aromatic nitrogens is 1. The summed E-state index contributed by atoms with van der Waals surface area (Å²) < 4.78 is 1.59. The van der Waals surface area contributed by atoms with Crippen molar-refractivity contribution in [1.82, 2.24) is 9.88 Å². The topological polar surface area (TPSA) is 114 Å². The molecular weight excluding hydrogens is 270 g/mol. The maximum absolute atomic E-state index is 11.7. The smallest absolute Gasteiger partial charge is 0.321 e. The summed E-state index contributed by atoms with van der Waals surface area (Å²) in [7, 11) is 1.69. The van der Waals surface area contributed by atoms with E-state index in [-0.39, 0.29) is 11.5 Å². The van der Waals surface area contributed by atoms with Gasteiger partial charge in [0.2, 0.25) is 5.91 Å². The van der Waals surface area contributed by atoms with Gasteiger partial charge in [-0.25, -0.2) is 0 Å². The number of hydrogen-bond acceptors (Lipinski definition) is 5. The molecule has 0 saturated carbocycles. The summed E-state index contributed by atoms with van der Waals surface area (Å²) in [5.74, 6) is -1.99. The van der Waals surface area contributed by atoms with Crippen LogP contribution in [0, 0.1) is 0 Å². The molecule has 1 aromatic rings. The second-order valence-corrected chi connectivity index (χ2v) is 4.87. The zero-order valence-corrected chi connectivity index (χ0v) is 11.1. The van der Waals surface area contributed by atoms with Crippen molar-refractivity contribution in [2.75, 3.05) is 11.5 Å². The van der Waals surface area contributed by atoms with Crippen LogP contribution in [0.25, 0.3) is 0 Å². The lowest BCUT2D eigenvalue weighted by Crippen LogP contribution is -2.35. The van der Waals surface area contributed by atoms with E-state index in [9.17, 15) is 14.4 Å². The lowest BCUT2D eigenvalue weighted by Gasteiger charge is -2.07. The Labute approximate surface area is 114 Å². The van der Waals surface area contributed by atoms with E-state index in [1.807, 2.05) is 0 Å². The zero-order valence-electron chi connectivity index (χ0n) is 10.3. The van der Waals surface area contributed by atoms with Crippen LogP contribution in [0.3, 0.4) is 0 Å². The van der Waals surface area contributed by atoms with Crippen LogP contribution in [0.15, 0.2) is 18.3 Å². The number of hydrogen-bond donors (Lipinski definition) is 3. The highest BCUT2D eigenvalue weighted by Crippen LogP contribution is 2.03. The van der Waals surface area contributed by atoms with Gasteiger partial charge < -0.3 is 15.4 Å². The lowest BCUT2D eigenvalue weighted by molar-refractivity contribution is -0.138. The first-order valence-corrected chi connectivity index (χ1v) is 6.59. The molecule has 1 atom stereocenters. The Hall–Kier alpha value is -1.80. The predicted octanol–water partition coefficient (Wildman–Crippen LogP) is -0.573. The molecule has 19 heavy (non-hydrogen) atoms. The first-order valence-electron chi connectivity index (χ1n) is 5.43. The van der Waals surface area contributed by atoms with Crippen molar-refractivity contribution >= 4 is 29.5 Å². The third-order valence-electron chi connectivity index (χ3n) is 2.28. The molecule has 0 aromatic carbocycles. The number of carboxylic acid groups (broad SMARTS) is 1. The summed E-state index contributed by atoms with van der Waals surface area (Å²) in [5, 5.41) is 10.8. The van der Waals surface area contributed by atoms with Crippen molar-refractivity contribution in [2.45, 2.75) is 6.04 Å². The Balaban J connectivity index is 2.34. The molecule has 0 aliphatic heterocycles. The highest BCUT2D eigenvalue weighted by Gasteiger charge is 2.15. The number of rotatable bonds is 6. The van der Waals surface area contributed by atoms with E-state index in [1.165, 1.54) is 0 Å². The van der Waals surface area contributed by atoms with Crippen LogP contribution < -0.4 is 11.1 Å².